The molecule has 0 atom stereocenters. The summed E-state index contributed by atoms with van der Waals surface area (Å²) in [4.78, 5) is 26.4. The van der Waals surface area contributed by atoms with Gasteiger partial charge >= 0.3 is 0 Å². The molecule has 0 aliphatic rings. The summed E-state index contributed by atoms with van der Waals surface area (Å²) in [5.41, 5.74) is 0.825. The van der Waals surface area contributed by atoms with Crippen LogP contribution in [-0.2, 0) is 7.05 Å². The molecule has 22 heavy (non-hydrogen) atoms. The van der Waals surface area contributed by atoms with Gasteiger partial charge in [-0.05, 0) is 18.2 Å². The fourth-order valence-corrected chi connectivity index (χ4v) is 2.39. The molecule has 0 saturated carbocycles. The summed E-state index contributed by atoms with van der Waals surface area (Å²) in [6.45, 7) is 0. The number of aryl methyl sites for hydroxylation is 1. The van der Waals surface area contributed by atoms with Crippen LogP contribution in [0.3, 0.4) is 0 Å². The van der Waals surface area contributed by atoms with Crippen molar-refractivity contribution in [2.75, 3.05) is 11.9 Å². The van der Waals surface area contributed by atoms with Gasteiger partial charge in [-0.3, -0.25) is 9.59 Å². The number of rotatable bonds is 2. The minimum absolute atomic E-state index is 0.213. The average molecular weight is 293 g/mol. The minimum atomic E-state index is -0.252. The fraction of sp³-hybridized carbons (Fsp3) is 0.118. The van der Waals surface area contributed by atoms with Crippen LogP contribution in [0, 0.1) is 0 Å². The molecule has 0 saturated heterocycles. The second kappa shape index (κ2) is 5.44. The highest BCUT2D eigenvalue weighted by molar-refractivity contribution is 6.12. The molecule has 1 aromatic heterocycles. The van der Waals surface area contributed by atoms with Gasteiger partial charge in [0.05, 0.1) is 5.39 Å². The van der Waals surface area contributed by atoms with E-state index >= 15 is 0 Å². The molecule has 5 heteroatoms. The summed E-state index contributed by atoms with van der Waals surface area (Å²) in [6, 6.07) is 16.3. The van der Waals surface area contributed by atoms with Crippen LogP contribution in [0.4, 0.5) is 5.69 Å². The lowest BCUT2D eigenvalue weighted by molar-refractivity contribution is 0.0988. The van der Waals surface area contributed by atoms with Crippen LogP contribution in [-0.4, -0.2) is 22.7 Å². The Bertz CT molecular complexity index is 901. The van der Waals surface area contributed by atoms with E-state index in [4.69, 9.17) is 0 Å². The number of hydrogen-bond acceptors (Lipinski definition) is 3. The molecule has 0 bridgehead atoms. The second-order valence-corrected chi connectivity index (χ2v) is 5.02. The Labute approximate surface area is 127 Å². The van der Waals surface area contributed by atoms with E-state index in [-0.39, 0.29) is 17.2 Å². The number of carbonyl (C=O) groups excluding carboxylic acids is 1. The van der Waals surface area contributed by atoms with E-state index in [9.17, 15) is 9.59 Å². The molecule has 0 radical (unpaired) electrons. The Morgan fingerprint density at radius 2 is 1.59 bits per heavy atom. The maximum atomic E-state index is 12.8. The van der Waals surface area contributed by atoms with Crippen LogP contribution in [0.2, 0.25) is 0 Å². The molecule has 0 N–H and O–H groups in total. The first kappa shape index (κ1) is 14.0. The molecule has 3 aromatic rings. The van der Waals surface area contributed by atoms with E-state index in [1.54, 1.807) is 38.4 Å². The van der Waals surface area contributed by atoms with Gasteiger partial charge in [0.2, 0.25) is 0 Å². The Kier molecular flexibility index (Phi) is 3.47. The highest BCUT2D eigenvalue weighted by atomic mass is 16.2. The van der Waals surface area contributed by atoms with E-state index in [1.807, 2.05) is 30.3 Å². The highest BCUT2D eigenvalue weighted by Crippen LogP contribution is 2.18. The van der Waals surface area contributed by atoms with Crippen LogP contribution in [0.5, 0.6) is 0 Å². The summed E-state index contributed by atoms with van der Waals surface area (Å²) < 4.78 is 1.20. The Balaban J connectivity index is 2.16. The molecular weight excluding hydrogens is 278 g/mol. The second-order valence-electron chi connectivity index (χ2n) is 5.02. The van der Waals surface area contributed by atoms with Crippen LogP contribution in [0.25, 0.3) is 10.8 Å². The van der Waals surface area contributed by atoms with Gasteiger partial charge in [-0.2, -0.15) is 5.10 Å². The zero-order valence-electron chi connectivity index (χ0n) is 12.4. The number of anilines is 1. The van der Waals surface area contributed by atoms with Gasteiger partial charge in [-0.1, -0.05) is 36.4 Å². The summed E-state index contributed by atoms with van der Waals surface area (Å²) in [5.74, 6) is -0.252. The number of nitrogens with zero attached hydrogens (tertiary/aromatic N) is 3. The molecule has 0 aliphatic carbocycles. The topological polar surface area (TPSA) is 55.2 Å². The van der Waals surface area contributed by atoms with Gasteiger partial charge in [0.15, 0.2) is 5.69 Å². The third-order valence-electron chi connectivity index (χ3n) is 3.61. The number of para-hydroxylation sites is 1. The smallest absolute Gasteiger partial charge is 0.279 e. The molecule has 2 aromatic carbocycles. The van der Waals surface area contributed by atoms with Crippen molar-refractivity contribution in [3.05, 3.63) is 70.6 Å². The SMILES string of the molecule is CN(C(=O)c1nn(C)c(=O)c2ccccc12)c1ccccc1. The van der Waals surface area contributed by atoms with Crippen molar-refractivity contribution in [1.82, 2.24) is 9.78 Å². The van der Waals surface area contributed by atoms with E-state index in [0.29, 0.717) is 10.8 Å². The lowest BCUT2D eigenvalue weighted by Gasteiger charge is -2.18. The molecule has 3 rings (SSSR count). The largest absolute Gasteiger partial charge is 0.310 e. The van der Waals surface area contributed by atoms with Crippen molar-refractivity contribution in [2.45, 2.75) is 0 Å². The van der Waals surface area contributed by atoms with Crippen molar-refractivity contribution in [2.24, 2.45) is 7.05 Å². The molecule has 0 aliphatic heterocycles. The maximum absolute atomic E-state index is 12.8. The van der Waals surface area contributed by atoms with E-state index in [0.717, 1.165) is 5.69 Å². The monoisotopic (exact) mass is 293 g/mol. The summed E-state index contributed by atoms with van der Waals surface area (Å²) in [6.07, 6.45) is 0. The molecule has 0 unspecified atom stereocenters. The zero-order valence-corrected chi connectivity index (χ0v) is 12.4. The number of benzene rings is 2. The van der Waals surface area contributed by atoms with Crippen molar-refractivity contribution in [3.8, 4) is 0 Å². The van der Waals surface area contributed by atoms with E-state index in [1.165, 1.54) is 9.58 Å². The highest BCUT2D eigenvalue weighted by Gasteiger charge is 2.19. The standard InChI is InChI=1S/C17H15N3O2/c1-19(12-8-4-3-5-9-12)17(22)15-13-10-6-7-11-14(13)16(21)20(2)18-15/h3-11H,1-2H3. The van der Waals surface area contributed by atoms with Crippen LogP contribution in [0.15, 0.2) is 59.4 Å². The van der Waals surface area contributed by atoms with Gasteiger partial charge in [-0.25, -0.2) is 4.68 Å². The third kappa shape index (κ3) is 2.26. The zero-order chi connectivity index (χ0) is 15.7. The van der Waals surface area contributed by atoms with Gasteiger partial charge < -0.3 is 4.90 Å². The molecular formula is C17H15N3O2. The van der Waals surface area contributed by atoms with E-state index < -0.39 is 0 Å². The predicted octanol–water partition coefficient (Wildman–Crippen LogP) is 2.21. The van der Waals surface area contributed by atoms with Gasteiger partial charge in [0.1, 0.15) is 0 Å². The third-order valence-corrected chi connectivity index (χ3v) is 3.61. The maximum Gasteiger partial charge on any atom is 0.279 e. The molecule has 1 amide bonds. The number of carbonyl (C=O) groups is 1. The van der Waals surface area contributed by atoms with Crippen LogP contribution < -0.4 is 10.5 Å². The van der Waals surface area contributed by atoms with Crippen molar-refractivity contribution in [1.29, 1.82) is 0 Å². The quantitative estimate of drug-likeness (QED) is 0.728. The Morgan fingerprint density at radius 3 is 2.27 bits per heavy atom. The predicted molar refractivity (Wildman–Crippen MR) is 86.2 cm³/mol. The van der Waals surface area contributed by atoms with Crippen molar-refractivity contribution >= 4 is 22.4 Å². The Hall–Kier alpha value is -2.95. The van der Waals surface area contributed by atoms with Crippen LogP contribution in [0.1, 0.15) is 10.5 Å². The molecule has 0 fully saturated rings. The van der Waals surface area contributed by atoms with Crippen molar-refractivity contribution < 1.29 is 4.79 Å². The fourth-order valence-electron chi connectivity index (χ4n) is 2.39. The molecule has 0 spiro atoms. The first-order valence-electron chi connectivity index (χ1n) is 6.89. The molecule has 5 nitrogen and oxygen atoms in total. The molecule has 110 valence electrons. The minimum Gasteiger partial charge on any atom is -0.310 e. The molecule has 1 heterocycles. The first-order valence-corrected chi connectivity index (χ1v) is 6.89. The van der Waals surface area contributed by atoms with Crippen molar-refractivity contribution in [3.63, 3.8) is 0 Å². The Morgan fingerprint density at radius 1 is 1.00 bits per heavy atom. The number of amides is 1. The number of hydrogen-bond donors (Lipinski definition) is 0. The summed E-state index contributed by atoms with van der Waals surface area (Å²) >= 11 is 0. The van der Waals surface area contributed by atoms with Gasteiger partial charge in [0.25, 0.3) is 11.5 Å². The van der Waals surface area contributed by atoms with Crippen LogP contribution >= 0.6 is 0 Å². The van der Waals surface area contributed by atoms with E-state index in [2.05, 4.69) is 5.10 Å². The van der Waals surface area contributed by atoms with Gasteiger partial charge in [0, 0.05) is 25.2 Å². The normalized spacial score (nSPS) is 10.6. The average Bonchev–Trinajstić information content (AvgIpc) is 2.57. The lowest BCUT2D eigenvalue weighted by atomic mass is 10.1. The number of fused-ring (bicyclic) bond motifs is 1. The first-order chi connectivity index (χ1) is 10.6. The summed E-state index contributed by atoms with van der Waals surface area (Å²) in [7, 11) is 3.24. The number of aromatic nitrogens is 2. The van der Waals surface area contributed by atoms with Gasteiger partial charge in [-0.15, -0.1) is 0 Å². The summed E-state index contributed by atoms with van der Waals surface area (Å²) in [5, 5.41) is 5.22. The lowest BCUT2D eigenvalue weighted by Crippen LogP contribution is -2.31.